The molecule has 0 atom stereocenters. The molecule has 0 spiro atoms. The molecule has 0 unspecified atom stereocenters. The van der Waals surface area contributed by atoms with Gasteiger partial charge in [-0.3, -0.25) is 0 Å². The molecule has 1 rings (SSSR count). The van der Waals surface area contributed by atoms with Crippen LogP contribution in [0.4, 0.5) is 5.69 Å². The van der Waals surface area contributed by atoms with Crippen LogP contribution >= 0.6 is 11.8 Å². The summed E-state index contributed by atoms with van der Waals surface area (Å²) in [6.07, 6.45) is 3.20. The van der Waals surface area contributed by atoms with Gasteiger partial charge in [-0.25, -0.2) is 9.79 Å². The molecule has 0 saturated heterocycles. The van der Waals surface area contributed by atoms with Gasteiger partial charge in [0.25, 0.3) is 0 Å². The Hall–Kier alpha value is -1.31. The van der Waals surface area contributed by atoms with Gasteiger partial charge in [0.05, 0.1) is 11.8 Å². The zero-order valence-corrected chi connectivity index (χ0v) is 8.04. The van der Waals surface area contributed by atoms with Crippen molar-refractivity contribution in [3.63, 3.8) is 0 Å². The molecule has 0 bridgehead atoms. The van der Waals surface area contributed by atoms with Crippen molar-refractivity contribution in [3.05, 3.63) is 36.4 Å². The van der Waals surface area contributed by atoms with Crippen molar-refractivity contribution in [3.8, 4) is 0 Å². The normalized spacial score (nSPS) is 10.7. The lowest BCUT2D eigenvalue weighted by Crippen LogP contribution is -1.83. The minimum absolute atomic E-state index is 0.668. The highest BCUT2D eigenvalue weighted by Crippen LogP contribution is 2.13. The summed E-state index contributed by atoms with van der Waals surface area (Å²) in [5.74, 6) is 1.71. The Balaban J connectivity index is 2.91. The molecule has 0 aliphatic heterocycles. The molecule has 2 nitrogen and oxygen atoms in total. The number of nitrogens with zero attached hydrogens (tertiary/aromatic N) is 1. The monoisotopic (exact) mass is 191 g/mol. The zero-order valence-electron chi connectivity index (χ0n) is 7.23. The van der Waals surface area contributed by atoms with Crippen LogP contribution in [0.15, 0.2) is 41.4 Å². The average molecular weight is 191 g/mol. The van der Waals surface area contributed by atoms with Gasteiger partial charge < -0.3 is 0 Å². The third kappa shape index (κ3) is 3.28. The van der Waals surface area contributed by atoms with Crippen LogP contribution in [0.2, 0.25) is 0 Å². The zero-order chi connectivity index (χ0) is 9.52. The smallest absolute Gasteiger partial charge is 0.127 e. The summed E-state index contributed by atoms with van der Waals surface area (Å²) in [5.41, 5.74) is 0.846. The number of benzene rings is 1. The minimum Gasteiger partial charge on any atom is -0.241 e. The molecule has 0 aliphatic rings. The first kappa shape index (κ1) is 9.78. The molecular formula is C10H9NOS. The largest absolute Gasteiger partial charge is 0.241 e. The van der Waals surface area contributed by atoms with E-state index in [0.717, 1.165) is 5.69 Å². The maximum Gasteiger partial charge on any atom is 0.127 e. The van der Waals surface area contributed by atoms with Crippen LogP contribution in [0.5, 0.6) is 0 Å². The summed E-state index contributed by atoms with van der Waals surface area (Å²) < 4.78 is 0. The van der Waals surface area contributed by atoms with Crippen molar-refractivity contribution >= 4 is 28.4 Å². The molecule has 0 amide bonds. The predicted molar refractivity (Wildman–Crippen MR) is 57.3 cm³/mol. The van der Waals surface area contributed by atoms with Crippen LogP contribution in [0.25, 0.3) is 0 Å². The summed E-state index contributed by atoms with van der Waals surface area (Å²) in [6.45, 7) is 0. The predicted octanol–water partition coefficient (Wildman–Crippen LogP) is 2.47. The summed E-state index contributed by atoms with van der Waals surface area (Å²) >= 11 is 1.42. The van der Waals surface area contributed by atoms with Gasteiger partial charge in [0.1, 0.15) is 11.0 Å². The maximum absolute atomic E-state index is 10.1. The highest BCUT2D eigenvalue weighted by atomic mass is 32.2. The van der Waals surface area contributed by atoms with Gasteiger partial charge in [-0.15, -0.1) is 11.8 Å². The van der Waals surface area contributed by atoms with Crippen molar-refractivity contribution in [1.29, 1.82) is 0 Å². The van der Waals surface area contributed by atoms with Crippen LogP contribution in [0, 0.1) is 0 Å². The average Bonchev–Trinajstić information content (AvgIpc) is 2.19. The van der Waals surface area contributed by atoms with E-state index in [2.05, 4.69) is 4.99 Å². The van der Waals surface area contributed by atoms with Crippen molar-refractivity contribution < 1.29 is 4.79 Å². The minimum atomic E-state index is 0.668. The Morgan fingerprint density at radius 1 is 1.46 bits per heavy atom. The summed E-state index contributed by atoms with van der Waals surface area (Å²) in [6, 6.07) is 9.50. The molecule has 1 aromatic carbocycles. The second-order valence-electron chi connectivity index (χ2n) is 2.25. The summed E-state index contributed by atoms with van der Waals surface area (Å²) in [5, 5.41) is 0.668. The fourth-order valence-electron chi connectivity index (χ4n) is 0.817. The number of thioether (sulfide) groups is 1. The molecule has 0 fully saturated rings. The van der Waals surface area contributed by atoms with Gasteiger partial charge in [-0.05, 0) is 18.4 Å². The van der Waals surface area contributed by atoms with E-state index in [4.69, 9.17) is 0 Å². The molecule has 0 aliphatic carbocycles. The van der Waals surface area contributed by atoms with E-state index >= 15 is 0 Å². The van der Waals surface area contributed by atoms with E-state index in [9.17, 15) is 4.79 Å². The Bertz CT molecular complexity index is 339. The van der Waals surface area contributed by atoms with Crippen LogP contribution in [-0.4, -0.2) is 17.2 Å². The van der Waals surface area contributed by atoms with Crippen LogP contribution in [0.1, 0.15) is 0 Å². The Labute approximate surface area is 81.4 Å². The Kier molecular flexibility index (Phi) is 4.03. The SMILES string of the molecule is CSC(C=C=O)=Nc1ccccc1. The fraction of sp³-hybridized carbons (Fsp3) is 0.100. The first-order valence-corrected chi connectivity index (χ1v) is 4.98. The van der Waals surface area contributed by atoms with Crippen molar-refractivity contribution in [1.82, 2.24) is 0 Å². The number of aliphatic imine (C=N–C) groups is 1. The van der Waals surface area contributed by atoms with Gasteiger partial charge in [-0.2, -0.15) is 0 Å². The topological polar surface area (TPSA) is 29.4 Å². The van der Waals surface area contributed by atoms with Gasteiger partial charge in [0.2, 0.25) is 0 Å². The summed E-state index contributed by atoms with van der Waals surface area (Å²) in [4.78, 5) is 14.3. The van der Waals surface area contributed by atoms with Gasteiger partial charge >= 0.3 is 0 Å². The highest BCUT2D eigenvalue weighted by molar-refractivity contribution is 8.13. The quantitative estimate of drug-likeness (QED) is 0.408. The van der Waals surface area contributed by atoms with E-state index in [1.54, 1.807) is 5.94 Å². The molecular weight excluding hydrogens is 182 g/mol. The second-order valence-corrected chi connectivity index (χ2v) is 3.08. The van der Waals surface area contributed by atoms with E-state index in [0.29, 0.717) is 5.04 Å². The third-order valence-electron chi connectivity index (χ3n) is 1.39. The first-order valence-electron chi connectivity index (χ1n) is 3.75. The molecule has 0 heterocycles. The second kappa shape index (κ2) is 5.36. The lowest BCUT2D eigenvalue weighted by molar-refractivity contribution is 0.569. The summed E-state index contributed by atoms with van der Waals surface area (Å²) in [7, 11) is 0. The van der Waals surface area contributed by atoms with E-state index in [1.807, 2.05) is 36.6 Å². The fourth-order valence-corrected chi connectivity index (χ4v) is 1.18. The molecule has 13 heavy (non-hydrogen) atoms. The van der Waals surface area contributed by atoms with Gasteiger partial charge in [0.15, 0.2) is 0 Å². The van der Waals surface area contributed by atoms with E-state index in [-0.39, 0.29) is 0 Å². The number of carbonyl (C=O) groups excluding carboxylic acids is 1. The molecule has 0 saturated carbocycles. The molecule has 0 aromatic heterocycles. The molecule has 3 heteroatoms. The first-order chi connectivity index (χ1) is 6.36. The van der Waals surface area contributed by atoms with Crippen LogP contribution in [0.3, 0.4) is 0 Å². The Morgan fingerprint density at radius 3 is 2.69 bits per heavy atom. The standard InChI is InChI=1S/C10H9NOS/c1-13-10(7-8-12)11-9-5-3-2-4-6-9/h2-7H,1H3. The van der Waals surface area contributed by atoms with Gasteiger partial charge in [0, 0.05) is 0 Å². The van der Waals surface area contributed by atoms with Crippen LogP contribution in [-0.2, 0) is 4.79 Å². The molecule has 0 radical (unpaired) electrons. The highest BCUT2D eigenvalue weighted by Gasteiger charge is 1.91. The van der Waals surface area contributed by atoms with Gasteiger partial charge in [-0.1, -0.05) is 18.2 Å². The van der Waals surface area contributed by atoms with Crippen molar-refractivity contribution in [2.24, 2.45) is 4.99 Å². The molecule has 0 N–H and O–H groups in total. The number of para-hydroxylation sites is 1. The van der Waals surface area contributed by atoms with Crippen molar-refractivity contribution in [2.75, 3.05) is 6.26 Å². The van der Waals surface area contributed by atoms with Crippen LogP contribution < -0.4 is 0 Å². The number of hydrogen-bond acceptors (Lipinski definition) is 3. The van der Waals surface area contributed by atoms with E-state index < -0.39 is 0 Å². The van der Waals surface area contributed by atoms with E-state index in [1.165, 1.54) is 17.8 Å². The Morgan fingerprint density at radius 2 is 2.15 bits per heavy atom. The number of hydrogen-bond donors (Lipinski definition) is 0. The third-order valence-corrected chi connectivity index (χ3v) is 2.01. The van der Waals surface area contributed by atoms with Crippen molar-refractivity contribution in [2.45, 2.75) is 0 Å². The lowest BCUT2D eigenvalue weighted by Gasteiger charge is -1.94. The maximum atomic E-state index is 10.1. The number of rotatable bonds is 2. The lowest BCUT2D eigenvalue weighted by atomic mass is 10.3. The molecule has 1 aromatic rings. The molecule has 66 valence electrons.